The number of halogens is 1. The molecule has 0 saturated carbocycles. The highest BCUT2D eigenvalue weighted by Crippen LogP contribution is 2.21. The number of nitrogen functional groups attached to an aromatic ring is 1. The molecule has 1 unspecified atom stereocenters. The van der Waals surface area contributed by atoms with Crippen LogP contribution in [0.25, 0.3) is 0 Å². The number of hydrogen-bond donors (Lipinski definition) is 2. The van der Waals surface area contributed by atoms with Crippen LogP contribution in [0.3, 0.4) is 0 Å². The van der Waals surface area contributed by atoms with Crippen LogP contribution >= 0.6 is 0 Å². The molecule has 0 radical (unpaired) electrons. The standard InChI is InChI=1S/C11H15FN2O3S/c1-7-10(12)4-9(5-11(7)13)18(15,16)14-8-2-3-17-6-8/h4-5,8,14H,2-3,6,13H2,1H3. The Balaban J connectivity index is 2.29. The Labute approximate surface area is 105 Å². The second-order valence-corrected chi connectivity index (χ2v) is 6.02. The predicted molar refractivity (Wildman–Crippen MR) is 65.1 cm³/mol. The SMILES string of the molecule is Cc1c(N)cc(S(=O)(=O)NC2CCOC2)cc1F. The summed E-state index contributed by atoms with van der Waals surface area (Å²) in [7, 11) is -3.76. The molecule has 1 heterocycles. The van der Waals surface area contributed by atoms with Gasteiger partial charge < -0.3 is 10.5 Å². The van der Waals surface area contributed by atoms with Crippen LogP contribution in [0.4, 0.5) is 10.1 Å². The number of benzene rings is 1. The van der Waals surface area contributed by atoms with Gasteiger partial charge >= 0.3 is 0 Å². The Morgan fingerprint density at radius 1 is 1.50 bits per heavy atom. The fraction of sp³-hybridized carbons (Fsp3) is 0.455. The van der Waals surface area contributed by atoms with Crippen molar-refractivity contribution in [2.24, 2.45) is 0 Å². The van der Waals surface area contributed by atoms with E-state index >= 15 is 0 Å². The van der Waals surface area contributed by atoms with E-state index in [0.717, 1.165) is 6.07 Å². The molecule has 0 spiro atoms. The van der Waals surface area contributed by atoms with E-state index in [1.54, 1.807) is 0 Å². The number of rotatable bonds is 3. The van der Waals surface area contributed by atoms with Crippen LogP contribution in [0.2, 0.25) is 0 Å². The Bertz CT molecular complexity index is 530. The average molecular weight is 274 g/mol. The number of ether oxygens (including phenoxy) is 1. The van der Waals surface area contributed by atoms with E-state index < -0.39 is 15.8 Å². The highest BCUT2D eigenvalue weighted by Gasteiger charge is 2.24. The molecule has 5 nitrogen and oxygen atoms in total. The molecular formula is C11H15FN2O3S. The van der Waals surface area contributed by atoms with Gasteiger partial charge in [0.1, 0.15) is 5.82 Å². The van der Waals surface area contributed by atoms with Gasteiger partial charge in [-0.15, -0.1) is 0 Å². The highest BCUT2D eigenvalue weighted by atomic mass is 32.2. The summed E-state index contributed by atoms with van der Waals surface area (Å²) in [6.07, 6.45) is 0.614. The van der Waals surface area contributed by atoms with Crippen LogP contribution in [0.15, 0.2) is 17.0 Å². The Morgan fingerprint density at radius 2 is 2.22 bits per heavy atom. The van der Waals surface area contributed by atoms with E-state index in [4.69, 9.17) is 10.5 Å². The fourth-order valence-corrected chi connectivity index (χ4v) is 3.05. The van der Waals surface area contributed by atoms with E-state index in [-0.39, 0.29) is 22.2 Å². The van der Waals surface area contributed by atoms with E-state index in [1.807, 2.05) is 0 Å². The maximum Gasteiger partial charge on any atom is 0.241 e. The van der Waals surface area contributed by atoms with Crippen LogP contribution in [0.5, 0.6) is 0 Å². The number of anilines is 1. The number of nitrogens with one attached hydrogen (secondary N) is 1. The Morgan fingerprint density at radius 3 is 2.78 bits per heavy atom. The van der Waals surface area contributed by atoms with Crippen molar-refractivity contribution in [3.8, 4) is 0 Å². The zero-order valence-corrected chi connectivity index (χ0v) is 10.8. The van der Waals surface area contributed by atoms with Crippen molar-refractivity contribution in [2.75, 3.05) is 18.9 Å². The van der Waals surface area contributed by atoms with Gasteiger partial charge in [0.15, 0.2) is 0 Å². The smallest absolute Gasteiger partial charge is 0.241 e. The third-order valence-corrected chi connectivity index (χ3v) is 4.42. The summed E-state index contributed by atoms with van der Waals surface area (Å²) >= 11 is 0. The molecule has 7 heteroatoms. The van der Waals surface area contributed by atoms with Crippen molar-refractivity contribution in [1.82, 2.24) is 4.72 Å². The molecule has 0 aliphatic carbocycles. The minimum absolute atomic E-state index is 0.123. The van der Waals surface area contributed by atoms with Crippen molar-refractivity contribution in [3.63, 3.8) is 0 Å². The van der Waals surface area contributed by atoms with Gasteiger partial charge in [-0.25, -0.2) is 17.5 Å². The molecule has 1 aromatic rings. The Hall–Kier alpha value is -1.18. The summed E-state index contributed by atoms with van der Waals surface area (Å²) < 4.78 is 45.1. The minimum Gasteiger partial charge on any atom is -0.398 e. The van der Waals surface area contributed by atoms with E-state index in [2.05, 4.69) is 4.72 Å². The second kappa shape index (κ2) is 4.83. The molecule has 1 fully saturated rings. The molecule has 100 valence electrons. The van der Waals surface area contributed by atoms with Gasteiger partial charge in [-0.3, -0.25) is 0 Å². The summed E-state index contributed by atoms with van der Waals surface area (Å²) in [6, 6.07) is 1.97. The summed E-state index contributed by atoms with van der Waals surface area (Å²) in [6.45, 7) is 2.36. The van der Waals surface area contributed by atoms with E-state index in [9.17, 15) is 12.8 Å². The maximum absolute atomic E-state index is 13.5. The zero-order chi connectivity index (χ0) is 13.3. The van der Waals surface area contributed by atoms with E-state index in [0.29, 0.717) is 19.6 Å². The van der Waals surface area contributed by atoms with Crippen molar-refractivity contribution in [2.45, 2.75) is 24.3 Å². The first-order valence-electron chi connectivity index (χ1n) is 5.56. The van der Waals surface area contributed by atoms with Gasteiger partial charge in [0.25, 0.3) is 0 Å². The van der Waals surface area contributed by atoms with Crippen molar-refractivity contribution < 1.29 is 17.5 Å². The topological polar surface area (TPSA) is 81.4 Å². The first-order chi connectivity index (χ1) is 8.40. The molecule has 1 aromatic carbocycles. The van der Waals surface area contributed by atoms with Gasteiger partial charge in [0.05, 0.1) is 11.5 Å². The molecule has 3 N–H and O–H groups in total. The molecule has 1 atom stereocenters. The van der Waals surface area contributed by atoms with Crippen LogP contribution in [0.1, 0.15) is 12.0 Å². The highest BCUT2D eigenvalue weighted by molar-refractivity contribution is 7.89. The van der Waals surface area contributed by atoms with Gasteiger partial charge in [0, 0.05) is 23.9 Å². The zero-order valence-electron chi connectivity index (χ0n) is 9.94. The molecule has 1 saturated heterocycles. The molecule has 0 amide bonds. The average Bonchev–Trinajstić information content (AvgIpc) is 2.77. The van der Waals surface area contributed by atoms with Gasteiger partial charge in [-0.1, -0.05) is 0 Å². The molecular weight excluding hydrogens is 259 g/mol. The van der Waals surface area contributed by atoms with E-state index in [1.165, 1.54) is 13.0 Å². The second-order valence-electron chi connectivity index (χ2n) is 4.30. The lowest BCUT2D eigenvalue weighted by Crippen LogP contribution is -2.35. The van der Waals surface area contributed by atoms with Gasteiger partial charge in [-0.05, 0) is 25.5 Å². The predicted octanol–water partition coefficient (Wildman–Crippen LogP) is 0.784. The fourth-order valence-electron chi connectivity index (χ4n) is 1.74. The molecule has 18 heavy (non-hydrogen) atoms. The number of nitrogens with two attached hydrogens (primary N) is 1. The Kier molecular flexibility index (Phi) is 3.56. The summed E-state index contributed by atoms with van der Waals surface area (Å²) in [5, 5.41) is 0. The third kappa shape index (κ3) is 2.63. The molecule has 0 aromatic heterocycles. The largest absolute Gasteiger partial charge is 0.398 e. The van der Waals surface area contributed by atoms with Crippen LogP contribution in [0, 0.1) is 12.7 Å². The molecule has 0 bridgehead atoms. The first-order valence-corrected chi connectivity index (χ1v) is 7.04. The third-order valence-electron chi connectivity index (χ3n) is 2.92. The van der Waals surface area contributed by atoms with Crippen LogP contribution < -0.4 is 10.5 Å². The van der Waals surface area contributed by atoms with Crippen molar-refractivity contribution in [1.29, 1.82) is 0 Å². The van der Waals surface area contributed by atoms with Crippen molar-refractivity contribution in [3.05, 3.63) is 23.5 Å². The van der Waals surface area contributed by atoms with Gasteiger partial charge in [0.2, 0.25) is 10.0 Å². The van der Waals surface area contributed by atoms with Crippen LogP contribution in [-0.2, 0) is 14.8 Å². The minimum atomic E-state index is -3.76. The molecule has 2 rings (SSSR count). The summed E-state index contributed by atoms with van der Waals surface area (Å²) in [5.41, 5.74) is 5.94. The molecule has 1 aliphatic rings. The van der Waals surface area contributed by atoms with Crippen molar-refractivity contribution >= 4 is 15.7 Å². The summed E-state index contributed by atoms with van der Waals surface area (Å²) in [5.74, 6) is -0.627. The number of sulfonamides is 1. The lowest BCUT2D eigenvalue weighted by atomic mass is 10.2. The van der Waals surface area contributed by atoms with Gasteiger partial charge in [-0.2, -0.15) is 0 Å². The maximum atomic E-state index is 13.5. The number of hydrogen-bond acceptors (Lipinski definition) is 4. The quantitative estimate of drug-likeness (QED) is 0.798. The molecule has 1 aliphatic heterocycles. The summed E-state index contributed by atoms with van der Waals surface area (Å²) in [4.78, 5) is -0.157. The van der Waals surface area contributed by atoms with Crippen LogP contribution in [-0.4, -0.2) is 27.7 Å². The lowest BCUT2D eigenvalue weighted by Gasteiger charge is -2.12. The first kappa shape index (κ1) is 13.3. The normalized spacial score (nSPS) is 20.2. The lowest BCUT2D eigenvalue weighted by molar-refractivity contribution is 0.192. The monoisotopic (exact) mass is 274 g/mol.